The van der Waals surface area contributed by atoms with E-state index in [1.807, 2.05) is 0 Å². The average Bonchev–Trinajstić information content (AvgIpc) is 3.06. The lowest BCUT2D eigenvalue weighted by Crippen LogP contribution is -2.45. The fourth-order valence-electron chi connectivity index (χ4n) is 4.85. The highest BCUT2D eigenvalue weighted by Gasteiger charge is 2.51. The maximum Gasteiger partial charge on any atom is 0.305 e. The molecule has 0 aromatic carbocycles. The van der Waals surface area contributed by atoms with Crippen molar-refractivity contribution in [3.8, 4) is 0 Å². The van der Waals surface area contributed by atoms with Gasteiger partial charge in [0.2, 0.25) is 0 Å². The minimum absolute atomic E-state index is 0.106. The second-order valence-electron chi connectivity index (χ2n) is 14.2. The van der Waals surface area contributed by atoms with Crippen LogP contribution in [0.1, 0.15) is 99.3 Å². The Morgan fingerprint density at radius 2 is 1.22 bits per heavy atom. The first kappa shape index (κ1) is 34.5. The van der Waals surface area contributed by atoms with Gasteiger partial charge in [0.15, 0.2) is 16.6 Å². The Labute approximate surface area is 230 Å². The van der Waals surface area contributed by atoms with E-state index in [4.69, 9.17) is 19.3 Å². The fraction of sp³-hybridized carbons (Fsp3) is 0.931. The van der Waals surface area contributed by atoms with Crippen LogP contribution < -0.4 is 5.73 Å². The predicted molar refractivity (Wildman–Crippen MR) is 159 cm³/mol. The van der Waals surface area contributed by atoms with Crippen molar-refractivity contribution in [1.29, 1.82) is 0 Å². The first-order valence-corrected chi connectivity index (χ1v) is 20.3. The lowest BCUT2D eigenvalue weighted by Gasteiger charge is -2.40. The molecule has 0 bridgehead atoms. The van der Waals surface area contributed by atoms with Crippen molar-refractivity contribution >= 4 is 28.4 Å². The summed E-state index contributed by atoms with van der Waals surface area (Å²) in [5.41, 5.74) is 5.68. The molecule has 1 fully saturated rings. The van der Waals surface area contributed by atoms with E-state index in [9.17, 15) is 9.59 Å². The number of rotatable bonds is 15. The molecule has 4 atom stereocenters. The van der Waals surface area contributed by atoms with Gasteiger partial charge in [-0.25, -0.2) is 0 Å². The van der Waals surface area contributed by atoms with Gasteiger partial charge in [-0.3, -0.25) is 9.59 Å². The molecular formula is C29H59NO5Si2. The minimum atomic E-state index is -1.99. The average molecular weight is 558 g/mol. The summed E-state index contributed by atoms with van der Waals surface area (Å²) in [5, 5.41) is 0.257. The Morgan fingerprint density at radius 1 is 0.757 bits per heavy atom. The van der Waals surface area contributed by atoms with E-state index in [2.05, 4.69) is 67.7 Å². The molecule has 0 spiro atoms. The van der Waals surface area contributed by atoms with E-state index in [0.29, 0.717) is 24.7 Å². The van der Waals surface area contributed by atoms with Crippen molar-refractivity contribution < 1.29 is 23.2 Å². The number of ketones is 1. The summed E-state index contributed by atoms with van der Waals surface area (Å²) in [7, 11) is -2.52. The Bertz CT molecular complexity index is 727. The minimum Gasteiger partial charge on any atom is -0.469 e. The van der Waals surface area contributed by atoms with Gasteiger partial charge in [-0.15, -0.1) is 0 Å². The van der Waals surface area contributed by atoms with Gasteiger partial charge in [0.25, 0.3) is 0 Å². The van der Waals surface area contributed by atoms with Gasteiger partial charge in [0.1, 0.15) is 5.78 Å². The molecule has 0 amide bonds. The monoisotopic (exact) mass is 557 g/mol. The number of carbonyl (C=O) groups is 2. The molecule has 4 unspecified atom stereocenters. The highest BCUT2D eigenvalue weighted by atomic mass is 28.4. The molecule has 1 saturated carbocycles. The molecule has 218 valence electrons. The van der Waals surface area contributed by atoms with E-state index in [1.54, 1.807) is 0 Å². The molecular weight excluding hydrogens is 498 g/mol. The van der Waals surface area contributed by atoms with Crippen molar-refractivity contribution in [3.63, 3.8) is 0 Å². The lowest BCUT2D eigenvalue weighted by atomic mass is 9.85. The summed E-state index contributed by atoms with van der Waals surface area (Å²) < 4.78 is 18.9. The second kappa shape index (κ2) is 14.2. The zero-order valence-corrected chi connectivity index (χ0v) is 28.0. The zero-order chi connectivity index (χ0) is 28.7. The van der Waals surface area contributed by atoms with Gasteiger partial charge in [-0.2, -0.15) is 0 Å². The van der Waals surface area contributed by atoms with Gasteiger partial charge >= 0.3 is 5.97 Å². The zero-order valence-electron chi connectivity index (χ0n) is 26.0. The molecule has 1 aliphatic rings. The van der Waals surface area contributed by atoms with Gasteiger partial charge < -0.3 is 19.3 Å². The molecule has 0 saturated heterocycles. The van der Waals surface area contributed by atoms with Crippen molar-refractivity contribution in [1.82, 2.24) is 0 Å². The number of methoxy groups -OCH3 is 1. The van der Waals surface area contributed by atoms with E-state index < -0.39 is 16.6 Å². The highest BCUT2D eigenvalue weighted by molar-refractivity contribution is 6.74. The molecule has 0 aromatic rings. The van der Waals surface area contributed by atoms with Crippen molar-refractivity contribution in [2.24, 2.45) is 17.6 Å². The molecule has 0 aromatic heterocycles. The van der Waals surface area contributed by atoms with Crippen LogP contribution in [-0.2, 0) is 23.2 Å². The summed E-state index contributed by atoms with van der Waals surface area (Å²) >= 11 is 0. The molecule has 0 heterocycles. The van der Waals surface area contributed by atoms with Crippen LogP contribution in [0.3, 0.4) is 0 Å². The van der Waals surface area contributed by atoms with Gasteiger partial charge in [-0.1, -0.05) is 60.8 Å². The van der Waals surface area contributed by atoms with Crippen LogP contribution in [0.5, 0.6) is 0 Å². The van der Waals surface area contributed by atoms with E-state index in [-0.39, 0.29) is 40.6 Å². The number of esters is 1. The molecule has 0 radical (unpaired) electrons. The van der Waals surface area contributed by atoms with Crippen molar-refractivity contribution in [3.05, 3.63) is 0 Å². The molecule has 1 aliphatic carbocycles. The van der Waals surface area contributed by atoms with E-state index in [1.165, 1.54) is 7.11 Å². The first-order chi connectivity index (χ1) is 16.9. The molecule has 37 heavy (non-hydrogen) atoms. The normalized spacial score (nSPS) is 23.4. The Hall–Kier alpha value is -0.546. The second-order valence-corrected chi connectivity index (χ2v) is 23.7. The van der Waals surface area contributed by atoms with Crippen LogP contribution in [0.15, 0.2) is 0 Å². The molecule has 6 nitrogen and oxygen atoms in total. The third-order valence-corrected chi connectivity index (χ3v) is 18.4. The SMILES string of the molecule is COC(=O)CCCCCCC1C(O[Si](C)(C)C(C)(C)C)CC(O[Si](C)(C)C(C)(C)C)C1CCC(=O)CN. The van der Waals surface area contributed by atoms with Crippen LogP contribution in [0.25, 0.3) is 0 Å². The quantitative estimate of drug-likeness (QED) is 0.130. The van der Waals surface area contributed by atoms with Gasteiger partial charge in [0, 0.05) is 12.8 Å². The predicted octanol–water partition coefficient (Wildman–Crippen LogP) is 7.22. The largest absolute Gasteiger partial charge is 0.469 e. The van der Waals surface area contributed by atoms with Crippen LogP contribution in [0.4, 0.5) is 0 Å². The third-order valence-electron chi connectivity index (χ3n) is 9.35. The molecule has 2 N–H and O–H groups in total. The summed E-state index contributed by atoms with van der Waals surface area (Å²) in [4.78, 5) is 23.7. The molecule has 1 rings (SSSR count). The summed E-state index contributed by atoms with van der Waals surface area (Å²) in [6, 6.07) is 0. The molecule has 0 aliphatic heterocycles. The summed E-state index contributed by atoms with van der Waals surface area (Å²) in [5.74, 6) is 0.667. The van der Waals surface area contributed by atoms with Crippen molar-refractivity contribution in [2.45, 2.75) is 148 Å². The Morgan fingerprint density at radius 3 is 1.65 bits per heavy atom. The van der Waals surface area contributed by atoms with E-state index in [0.717, 1.165) is 44.9 Å². The lowest BCUT2D eigenvalue weighted by molar-refractivity contribution is -0.140. The maximum absolute atomic E-state index is 12.3. The van der Waals surface area contributed by atoms with Crippen LogP contribution in [-0.4, -0.2) is 54.2 Å². The van der Waals surface area contributed by atoms with Gasteiger partial charge in [-0.05, 0) is 73.8 Å². The fourth-order valence-corrected chi connectivity index (χ4v) is 7.61. The maximum atomic E-state index is 12.3. The number of carbonyl (C=O) groups excluding carboxylic acids is 2. The van der Waals surface area contributed by atoms with Crippen LogP contribution in [0, 0.1) is 11.8 Å². The smallest absolute Gasteiger partial charge is 0.305 e. The van der Waals surface area contributed by atoms with Crippen LogP contribution in [0.2, 0.25) is 36.3 Å². The number of hydrogen-bond donors (Lipinski definition) is 1. The number of ether oxygens (including phenoxy) is 1. The Kier molecular flexibility index (Phi) is 13.2. The van der Waals surface area contributed by atoms with Crippen LogP contribution >= 0.6 is 0 Å². The van der Waals surface area contributed by atoms with Gasteiger partial charge in [0.05, 0.1) is 25.9 Å². The number of unbranched alkanes of at least 4 members (excludes halogenated alkanes) is 3. The molecule has 8 heteroatoms. The number of Topliss-reactive ketones (excluding diaryl/α,β-unsaturated/α-hetero) is 1. The van der Waals surface area contributed by atoms with E-state index >= 15 is 0 Å². The Balaban J connectivity index is 3.15. The summed E-state index contributed by atoms with van der Waals surface area (Å²) in [6.45, 7) is 23.2. The number of hydrogen-bond acceptors (Lipinski definition) is 6. The van der Waals surface area contributed by atoms with Crippen molar-refractivity contribution in [2.75, 3.05) is 13.7 Å². The topological polar surface area (TPSA) is 87.9 Å². The third kappa shape index (κ3) is 10.5. The standard InChI is InChI=1S/C29H59NO5Si2/c1-28(2,3)36(8,9)34-25-20-26(35-37(10,11)29(4,5)6)24(19-18-22(31)21-30)23(25)16-14-12-13-15-17-27(32)33-7/h23-26H,12-21,30H2,1-11H3. The number of nitrogens with two attached hydrogens (primary N) is 1. The highest BCUT2D eigenvalue weighted by Crippen LogP contribution is 2.48. The first-order valence-electron chi connectivity index (χ1n) is 14.5. The summed E-state index contributed by atoms with van der Waals surface area (Å²) in [6.07, 6.45) is 8.14.